The molecule has 1 heterocycles. The first kappa shape index (κ1) is 9.25. The molecule has 0 saturated carbocycles. The van der Waals surface area contributed by atoms with Crippen LogP contribution < -0.4 is 0 Å². The highest BCUT2D eigenvalue weighted by molar-refractivity contribution is 9.10. The van der Waals surface area contributed by atoms with Crippen LogP contribution >= 0.6 is 15.9 Å². The van der Waals surface area contributed by atoms with E-state index < -0.39 is 0 Å². The molecule has 0 bridgehead atoms. The average Bonchev–Trinajstić information content (AvgIpc) is 2.30. The van der Waals surface area contributed by atoms with Gasteiger partial charge in [0.25, 0.3) is 0 Å². The standard InChI is InChI=1S/C7H10BrN3O/c1-5(12-3)9-7-6(8)4-11(2)10-7/h4H,1-3H3. The molecule has 12 heavy (non-hydrogen) atoms. The summed E-state index contributed by atoms with van der Waals surface area (Å²) in [6, 6.07) is 0. The summed E-state index contributed by atoms with van der Waals surface area (Å²) < 4.78 is 7.45. The van der Waals surface area contributed by atoms with E-state index in [1.54, 1.807) is 18.7 Å². The van der Waals surface area contributed by atoms with Crippen molar-refractivity contribution in [3.63, 3.8) is 0 Å². The third kappa shape index (κ3) is 2.07. The molecule has 4 nitrogen and oxygen atoms in total. The molecule has 66 valence electrons. The van der Waals surface area contributed by atoms with E-state index in [0.29, 0.717) is 11.7 Å². The normalized spacial score (nSPS) is 11.8. The lowest BCUT2D eigenvalue weighted by Crippen LogP contribution is -1.92. The van der Waals surface area contributed by atoms with Crippen molar-refractivity contribution in [3.05, 3.63) is 10.7 Å². The van der Waals surface area contributed by atoms with Crippen LogP contribution in [0.5, 0.6) is 0 Å². The lowest BCUT2D eigenvalue weighted by Gasteiger charge is -1.94. The first-order valence-electron chi connectivity index (χ1n) is 3.42. The van der Waals surface area contributed by atoms with Crippen molar-refractivity contribution >= 4 is 27.6 Å². The van der Waals surface area contributed by atoms with Crippen LogP contribution in [0.3, 0.4) is 0 Å². The highest BCUT2D eigenvalue weighted by Gasteiger charge is 2.02. The highest BCUT2D eigenvalue weighted by atomic mass is 79.9. The summed E-state index contributed by atoms with van der Waals surface area (Å²) in [6.07, 6.45) is 1.84. The van der Waals surface area contributed by atoms with E-state index >= 15 is 0 Å². The number of halogens is 1. The zero-order chi connectivity index (χ0) is 9.14. The summed E-state index contributed by atoms with van der Waals surface area (Å²) in [6.45, 7) is 1.78. The number of ether oxygens (including phenoxy) is 1. The molecule has 0 atom stereocenters. The first-order valence-corrected chi connectivity index (χ1v) is 4.21. The molecule has 0 aliphatic carbocycles. The number of aliphatic imine (C=N–C) groups is 1. The third-order valence-corrected chi connectivity index (χ3v) is 1.88. The summed E-state index contributed by atoms with van der Waals surface area (Å²) in [7, 11) is 3.42. The molecular formula is C7H10BrN3O. The van der Waals surface area contributed by atoms with Gasteiger partial charge >= 0.3 is 0 Å². The Morgan fingerprint density at radius 2 is 2.42 bits per heavy atom. The monoisotopic (exact) mass is 231 g/mol. The van der Waals surface area contributed by atoms with Gasteiger partial charge in [0.2, 0.25) is 0 Å². The van der Waals surface area contributed by atoms with E-state index in [4.69, 9.17) is 4.74 Å². The van der Waals surface area contributed by atoms with Gasteiger partial charge in [0.1, 0.15) is 0 Å². The molecule has 0 fully saturated rings. The highest BCUT2D eigenvalue weighted by Crippen LogP contribution is 2.22. The smallest absolute Gasteiger partial charge is 0.191 e. The topological polar surface area (TPSA) is 39.4 Å². The van der Waals surface area contributed by atoms with Crippen LogP contribution in [-0.4, -0.2) is 22.8 Å². The minimum Gasteiger partial charge on any atom is -0.484 e. The lowest BCUT2D eigenvalue weighted by molar-refractivity contribution is 0.400. The van der Waals surface area contributed by atoms with Crippen LogP contribution in [-0.2, 0) is 11.8 Å². The van der Waals surface area contributed by atoms with Gasteiger partial charge in [-0.05, 0) is 15.9 Å². The lowest BCUT2D eigenvalue weighted by atomic mass is 10.6. The molecular weight excluding hydrogens is 222 g/mol. The van der Waals surface area contributed by atoms with Crippen molar-refractivity contribution in [2.75, 3.05) is 7.11 Å². The van der Waals surface area contributed by atoms with Crippen LogP contribution in [0.15, 0.2) is 15.7 Å². The second-order valence-electron chi connectivity index (χ2n) is 2.31. The number of aromatic nitrogens is 2. The van der Waals surface area contributed by atoms with Gasteiger partial charge in [0.15, 0.2) is 11.7 Å². The summed E-state index contributed by atoms with van der Waals surface area (Å²) >= 11 is 3.33. The van der Waals surface area contributed by atoms with E-state index in [0.717, 1.165) is 4.47 Å². The summed E-state index contributed by atoms with van der Waals surface area (Å²) in [4.78, 5) is 4.11. The molecule has 1 rings (SSSR count). The van der Waals surface area contributed by atoms with Crippen LogP contribution in [0, 0.1) is 0 Å². The Morgan fingerprint density at radius 3 is 2.83 bits per heavy atom. The molecule has 1 aromatic heterocycles. The minimum absolute atomic E-state index is 0.592. The average molecular weight is 232 g/mol. The van der Waals surface area contributed by atoms with Crippen molar-refractivity contribution < 1.29 is 4.74 Å². The van der Waals surface area contributed by atoms with Crippen molar-refractivity contribution in [3.8, 4) is 0 Å². The summed E-state index contributed by atoms with van der Waals surface area (Å²) in [5, 5.41) is 4.10. The number of hydrogen-bond acceptors (Lipinski definition) is 3. The van der Waals surface area contributed by atoms with Crippen LogP contribution in [0.25, 0.3) is 0 Å². The van der Waals surface area contributed by atoms with Crippen molar-refractivity contribution in [1.29, 1.82) is 0 Å². The molecule has 0 aromatic carbocycles. The second kappa shape index (κ2) is 3.71. The fourth-order valence-corrected chi connectivity index (χ4v) is 1.18. The second-order valence-corrected chi connectivity index (χ2v) is 3.16. The third-order valence-electron chi connectivity index (χ3n) is 1.33. The molecule has 5 heteroatoms. The van der Waals surface area contributed by atoms with Crippen molar-refractivity contribution in [2.24, 2.45) is 12.0 Å². The fraction of sp³-hybridized carbons (Fsp3) is 0.429. The molecule has 0 aliphatic rings. The molecule has 0 saturated heterocycles. The van der Waals surface area contributed by atoms with Gasteiger partial charge in [-0.25, -0.2) is 0 Å². The molecule has 0 aliphatic heterocycles. The largest absolute Gasteiger partial charge is 0.484 e. The first-order chi connectivity index (χ1) is 5.63. The zero-order valence-corrected chi connectivity index (χ0v) is 8.79. The van der Waals surface area contributed by atoms with Crippen LogP contribution in [0.4, 0.5) is 5.82 Å². The van der Waals surface area contributed by atoms with Gasteiger partial charge in [-0.2, -0.15) is 10.1 Å². The van der Waals surface area contributed by atoms with E-state index in [1.807, 2.05) is 13.2 Å². The number of hydrogen-bond donors (Lipinski definition) is 0. The SMILES string of the molecule is COC(C)=Nc1nn(C)cc1Br. The summed E-state index contributed by atoms with van der Waals surface area (Å²) in [5.74, 6) is 1.23. The molecule has 0 unspecified atom stereocenters. The molecule has 1 aromatic rings. The minimum atomic E-state index is 0.592. The Labute approximate surface area is 79.4 Å². The van der Waals surface area contributed by atoms with E-state index in [-0.39, 0.29) is 0 Å². The van der Waals surface area contributed by atoms with E-state index in [2.05, 4.69) is 26.0 Å². The maximum Gasteiger partial charge on any atom is 0.191 e. The maximum absolute atomic E-state index is 4.90. The van der Waals surface area contributed by atoms with Crippen LogP contribution in [0.1, 0.15) is 6.92 Å². The van der Waals surface area contributed by atoms with Gasteiger partial charge in [-0.1, -0.05) is 0 Å². The predicted molar refractivity (Wildman–Crippen MR) is 50.7 cm³/mol. The van der Waals surface area contributed by atoms with Crippen LogP contribution in [0.2, 0.25) is 0 Å². The number of methoxy groups -OCH3 is 1. The maximum atomic E-state index is 4.90. The quantitative estimate of drug-likeness (QED) is 0.547. The molecule has 0 spiro atoms. The zero-order valence-electron chi connectivity index (χ0n) is 7.21. The molecule has 0 N–H and O–H groups in total. The Morgan fingerprint density at radius 1 is 1.75 bits per heavy atom. The van der Waals surface area contributed by atoms with Crippen molar-refractivity contribution in [1.82, 2.24) is 9.78 Å². The van der Waals surface area contributed by atoms with E-state index in [1.165, 1.54) is 0 Å². The number of rotatable bonds is 1. The Bertz CT molecular complexity index is 306. The predicted octanol–water partition coefficient (Wildman–Crippen LogP) is 1.88. The van der Waals surface area contributed by atoms with Gasteiger partial charge in [0, 0.05) is 20.2 Å². The van der Waals surface area contributed by atoms with Gasteiger partial charge < -0.3 is 4.74 Å². The Balaban J connectivity index is 2.95. The van der Waals surface area contributed by atoms with Gasteiger partial charge in [-0.15, -0.1) is 0 Å². The number of aryl methyl sites for hydroxylation is 1. The Hall–Kier alpha value is -0.840. The number of nitrogens with zero attached hydrogens (tertiary/aromatic N) is 3. The Kier molecular flexibility index (Phi) is 2.86. The van der Waals surface area contributed by atoms with Gasteiger partial charge in [0.05, 0.1) is 11.6 Å². The fourth-order valence-electron chi connectivity index (χ4n) is 0.718. The van der Waals surface area contributed by atoms with Gasteiger partial charge in [-0.3, -0.25) is 4.68 Å². The summed E-state index contributed by atoms with van der Waals surface area (Å²) in [5.41, 5.74) is 0. The van der Waals surface area contributed by atoms with Crippen molar-refractivity contribution in [2.45, 2.75) is 6.92 Å². The van der Waals surface area contributed by atoms with E-state index in [9.17, 15) is 0 Å². The molecule has 0 amide bonds. The molecule has 0 radical (unpaired) electrons.